The first-order chi connectivity index (χ1) is 6.31. The third-order valence-electron chi connectivity index (χ3n) is 2.45. The average Bonchev–Trinajstić information content (AvgIpc) is 2.17. The van der Waals surface area contributed by atoms with Crippen LogP contribution in [-0.4, -0.2) is 13.6 Å². The molecule has 0 aromatic heterocycles. The van der Waals surface area contributed by atoms with Crippen LogP contribution in [0.3, 0.4) is 0 Å². The molecule has 0 amide bonds. The predicted octanol–water partition coefficient (Wildman–Crippen LogP) is 2.03. The number of halogens is 1. The van der Waals surface area contributed by atoms with Gasteiger partial charge in [0.2, 0.25) is 0 Å². The van der Waals surface area contributed by atoms with Gasteiger partial charge in [0.1, 0.15) is 0 Å². The fraction of sp³-hybridized carbons (Fsp3) is 0.400. The van der Waals surface area contributed by atoms with Crippen LogP contribution >= 0.6 is 11.6 Å². The monoisotopic (exact) mass is 196 g/mol. The number of anilines is 1. The molecule has 13 heavy (non-hydrogen) atoms. The summed E-state index contributed by atoms with van der Waals surface area (Å²) in [5, 5.41) is 7.25. The molecule has 2 nitrogen and oxygen atoms in total. The van der Waals surface area contributed by atoms with Crippen LogP contribution in [0.5, 0.6) is 0 Å². The fourth-order valence-electron chi connectivity index (χ4n) is 1.69. The molecule has 0 fully saturated rings. The second kappa shape index (κ2) is 3.56. The van der Waals surface area contributed by atoms with E-state index >= 15 is 0 Å². The molecular weight excluding hydrogens is 184 g/mol. The number of benzene rings is 1. The summed E-state index contributed by atoms with van der Waals surface area (Å²) >= 11 is 6.08. The number of hydrogen-bond donors (Lipinski definition) is 2. The minimum Gasteiger partial charge on any atom is -0.387 e. The van der Waals surface area contributed by atoms with Gasteiger partial charge in [0.05, 0.1) is 10.7 Å². The van der Waals surface area contributed by atoms with Crippen molar-refractivity contribution in [3.8, 4) is 0 Å². The zero-order valence-corrected chi connectivity index (χ0v) is 8.41. The molecule has 0 bridgehead atoms. The molecule has 1 aliphatic heterocycles. The summed E-state index contributed by atoms with van der Waals surface area (Å²) in [6.45, 7) is 2.02. The largest absolute Gasteiger partial charge is 0.387 e. The van der Waals surface area contributed by atoms with E-state index in [1.54, 1.807) is 0 Å². The summed E-state index contributed by atoms with van der Waals surface area (Å²) in [6, 6.07) is 4.20. The normalized spacial score (nSPS) is 15.2. The number of rotatable bonds is 1. The van der Waals surface area contributed by atoms with E-state index < -0.39 is 0 Å². The molecule has 1 aromatic carbocycles. The predicted molar refractivity (Wildman–Crippen MR) is 56.4 cm³/mol. The summed E-state index contributed by atoms with van der Waals surface area (Å²) in [4.78, 5) is 0. The highest BCUT2D eigenvalue weighted by Crippen LogP contribution is 2.27. The Kier molecular flexibility index (Phi) is 2.42. The first-order valence-electron chi connectivity index (χ1n) is 4.51. The highest BCUT2D eigenvalue weighted by Gasteiger charge is 2.10. The average molecular weight is 197 g/mol. The van der Waals surface area contributed by atoms with Crippen molar-refractivity contribution >= 4 is 17.3 Å². The summed E-state index contributed by atoms with van der Waals surface area (Å²) < 4.78 is 0. The molecular formula is C10H13ClN2. The summed E-state index contributed by atoms with van der Waals surface area (Å²) in [5.74, 6) is 0. The van der Waals surface area contributed by atoms with E-state index in [0.717, 1.165) is 30.2 Å². The lowest BCUT2D eigenvalue weighted by atomic mass is 10.0. The first-order valence-corrected chi connectivity index (χ1v) is 4.89. The Bertz CT molecular complexity index is 323. The molecule has 1 aromatic rings. The lowest BCUT2D eigenvalue weighted by Gasteiger charge is -2.18. The van der Waals surface area contributed by atoms with Gasteiger partial charge in [0.25, 0.3) is 0 Å². The molecule has 0 atom stereocenters. The molecule has 1 heterocycles. The molecule has 3 heteroatoms. The maximum absolute atomic E-state index is 6.08. The van der Waals surface area contributed by atoms with Crippen molar-refractivity contribution in [1.82, 2.24) is 5.32 Å². The quantitative estimate of drug-likeness (QED) is 0.719. The van der Waals surface area contributed by atoms with Crippen LogP contribution in [0.25, 0.3) is 0 Å². The van der Waals surface area contributed by atoms with Gasteiger partial charge < -0.3 is 10.6 Å². The summed E-state index contributed by atoms with van der Waals surface area (Å²) in [7, 11) is 1.89. The molecule has 70 valence electrons. The third kappa shape index (κ3) is 1.64. The standard InChI is InChI=1S/C10H13ClN2/c1-12-10-5-8-6-13-3-2-7(8)4-9(10)11/h4-5,12-13H,2-3,6H2,1H3. The van der Waals surface area contributed by atoms with Gasteiger partial charge in [-0.15, -0.1) is 0 Å². The van der Waals surface area contributed by atoms with E-state index in [1.165, 1.54) is 11.1 Å². The van der Waals surface area contributed by atoms with Crippen molar-refractivity contribution in [3.05, 3.63) is 28.3 Å². The van der Waals surface area contributed by atoms with Crippen LogP contribution in [0, 0.1) is 0 Å². The third-order valence-corrected chi connectivity index (χ3v) is 2.76. The second-order valence-electron chi connectivity index (χ2n) is 3.28. The van der Waals surface area contributed by atoms with Crippen molar-refractivity contribution in [2.45, 2.75) is 13.0 Å². The number of nitrogens with one attached hydrogen (secondary N) is 2. The van der Waals surface area contributed by atoms with Crippen LogP contribution < -0.4 is 10.6 Å². The van der Waals surface area contributed by atoms with Crippen molar-refractivity contribution in [2.75, 3.05) is 18.9 Å². The van der Waals surface area contributed by atoms with Crippen LogP contribution in [0.2, 0.25) is 5.02 Å². The molecule has 0 saturated heterocycles. The lowest BCUT2D eigenvalue weighted by molar-refractivity contribution is 0.644. The van der Waals surface area contributed by atoms with E-state index in [2.05, 4.69) is 22.8 Å². The minimum atomic E-state index is 0.822. The molecule has 1 aliphatic rings. The molecule has 0 unspecified atom stereocenters. The highest BCUT2D eigenvalue weighted by molar-refractivity contribution is 6.33. The maximum Gasteiger partial charge on any atom is 0.0640 e. The van der Waals surface area contributed by atoms with Crippen molar-refractivity contribution in [3.63, 3.8) is 0 Å². The van der Waals surface area contributed by atoms with Gasteiger partial charge in [-0.25, -0.2) is 0 Å². The van der Waals surface area contributed by atoms with Crippen LogP contribution in [0.1, 0.15) is 11.1 Å². The summed E-state index contributed by atoms with van der Waals surface area (Å²) in [6.07, 6.45) is 1.08. The first kappa shape index (κ1) is 8.85. The van der Waals surface area contributed by atoms with Crippen LogP contribution in [0.4, 0.5) is 5.69 Å². The maximum atomic E-state index is 6.08. The highest BCUT2D eigenvalue weighted by atomic mass is 35.5. The second-order valence-corrected chi connectivity index (χ2v) is 3.68. The van der Waals surface area contributed by atoms with Gasteiger partial charge in [0, 0.05) is 13.6 Å². The molecule has 0 aliphatic carbocycles. The molecule has 2 rings (SSSR count). The van der Waals surface area contributed by atoms with E-state index in [4.69, 9.17) is 11.6 Å². The summed E-state index contributed by atoms with van der Waals surface area (Å²) in [5.41, 5.74) is 3.76. The zero-order chi connectivity index (χ0) is 9.26. The minimum absolute atomic E-state index is 0.822. The Hall–Kier alpha value is -0.730. The van der Waals surface area contributed by atoms with Gasteiger partial charge in [0.15, 0.2) is 0 Å². The van der Waals surface area contributed by atoms with Gasteiger partial charge >= 0.3 is 0 Å². The van der Waals surface area contributed by atoms with Crippen molar-refractivity contribution in [1.29, 1.82) is 0 Å². The molecule has 2 N–H and O–H groups in total. The van der Waals surface area contributed by atoms with Crippen LogP contribution in [0.15, 0.2) is 12.1 Å². The van der Waals surface area contributed by atoms with E-state index in [-0.39, 0.29) is 0 Å². The molecule has 0 spiro atoms. The SMILES string of the molecule is CNc1cc2c(cc1Cl)CCNC2. The van der Waals surface area contributed by atoms with Gasteiger partial charge in [-0.3, -0.25) is 0 Å². The lowest BCUT2D eigenvalue weighted by Crippen LogP contribution is -2.23. The smallest absolute Gasteiger partial charge is 0.0640 e. The van der Waals surface area contributed by atoms with E-state index in [1.807, 2.05) is 7.05 Å². The van der Waals surface area contributed by atoms with Gasteiger partial charge in [-0.1, -0.05) is 11.6 Å². The van der Waals surface area contributed by atoms with Gasteiger partial charge in [-0.2, -0.15) is 0 Å². The zero-order valence-electron chi connectivity index (χ0n) is 7.65. The van der Waals surface area contributed by atoms with Crippen molar-refractivity contribution in [2.24, 2.45) is 0 Å². The van der Waals surface area contributed by atoms with E-state index in [0.29, 0.717) is 0 Å². The topological polar surface area (TPSA) is 24.1 Å². The number of hydrogen-bond acceptors (Lipinski definition) is 2. The van der Waals surface area contributed by atoms with Crippen molar-refractivity contribution < 1.29 is 0 Å². The fourth-order valence-corrected chi connectivity index (χ4v) is 1.98. The molecule has 0 radical (unpaired) electrons. The Balaban J connectivity index is 2.44. The Morgan fingerprint density at radius 2 is 2.23 bits per heavy atom. The van der Waals surface area contributed by atoms with Gasteiger partial charge in [-0.05, 0) is 36.2 Å². The van der Waals surface area contributed by atoms with Crippen LogP contribution in [-0.2, 0) is 13.0 Å². The Labute approximate surface area is 83.3 Å². The number of fused-ring (bicyclic) bond motifs is 1. The van der Waals surface area contributed by atoms with E-state index in [9.17, 15) is 0 Å². The Morgan fingerprint density at radius 1 is 1.38 bits per heavy atom. The Morgan fingerprint density at radius 3 is 3.00 bits per heavy atom. The molecule has 0 saturated carbocycles.